The van der Waals surface area contributed by atoms with Gasteiger partial charge in [-0.15, -0.1) is 0 Å². The Labute approximate surface area is 167 Å². The number of halogens is 1. The predicted molar refractivity (Wildman–Crippen MR) is 110 cm³/mol. The van der Waals surface area contributed by atoms with Crippen LogP contribution >= 0.6 is 0 Å². The van der Waals surface area contributed by atoms with E-state index in [1.165, 1.54) is 24.5 Å². The van der Waals surface area contributed by atoms with Gasteiger partial charge in [-0.25, -0.2) is 14.4 Å². The van der Waals surface area contributed by atoms with Crippen molar-refractivity contribution in [1.82, 2.24) is 14.9 Å². The molecule has 0 aliphatic carbocycles. The van der Waals surface area contributed by atoms with Crippen LogP contribution in [-0.4, -0.2) is 53.0 Å². The fourth-order valence-corrected chi connectivity index (χ4v) is 3.46. The molecule has 2 aromatic carbocycles. The fraction of sp³-hybridized carbons (Fsp3) is 0.300. The highest BCUT2D eigenvalue weighted by molar-refractivity contribution is 5.94. The molecule has 0 atom stereocenters. The summed E-state index contributed by atoms with van der Waals surface area (Å²) in [6.07, 6.45) is 1.44. The van der Waals surface area contributed by atoms with Crippen LogP contribution < -0.4 is 10.2 Å². The molecule has 1 aromatic heterocycles. The molecule has 0 radical (unpaired) electrons. The monoisotopic (exact) mass is 396 g/mol. The average Bonchev–Trinajstić information content (AvgIpc) is 2.73. The van der Waals surface area contributed by atoms with E-state index < -0.39 is 0 Å². The van der Waals surface area contributed by atoms with Gasteiger partial charge in [0.25, 0.3) is 5.69 Å². The second-order valence-corrected chi connectivity index (χ2v) is 7.11. The molecule has 1 saturated heterocycles. The summed E-state index contributed by atoms with van der Waals surface area (Å²) >= 11 is 0. The number of hydrogen-bond donors (Lipinski definition) is 1. The molecule has 150 valence electrons. The number of rotatable bonds is 5. The maximum atomic E-state index is 13.1. The first-order chi connectivity index (χ1) is 14.0. The highest BCUT2D eigenvalue weighted by Gasteiger charge is 2.24. The van der Waals surface area contributed by atoms with Gasteiger partial charge < -0.3 is 15.1 Å². The van der Waals surface area contributed by atoms with Crippen molar-refractivity contribution in [3.63, 3.8) is 0 Å². The number of nitrogens with one attached hydrogen (secondary N) is 1. The Bertz CT molecular complexity index is 1040. The Morgan fingerprint density at radius 3 is 2.55 bits per heavy atom. The Balaban J connectivity index is 1.67. The maximum Gasteiger partial charge on any atom is 0.293 e. The van der Waals surface area contributed by atoms with Crippen LogP contribution in [0.5, 0.6) is 0 Å². The molecule has 0 spiro atoms. The van der Waals surface area contributed by atoms with Crippen molar-refractivity contribution in [2.75, 3.05) is 43.4 Å². The van der Waals surface area contributed by atoms with Gasteiger partial charge in [0, 0.05) is 44.2 Å². The average molecular weight is 396 g/mol. The highest BCUT2D eigenvalue weighted by Crippen LogP contribution is 2.35. The lowest BCUT2D eigenvalue weighted by atomic mass is 10.1. The summed E-state index contributed by atoms with van der Waals surface area (Å²) < 4.78 is 13.1. The molecule has 4 rings (SSSR count). The highest BCUT2D eigenvalue weighted by atomic mass is 19.1. The number of benzene rings is 2. The lowest BCUT2D eigenvalue weighted by molar-refractivity contribution is -0.384. The maximum absolute atomic E-state index is 13.1. The zero-order chi connectivity index (χ0) is 20.4. The quantitative estimate of drug-likeness (QED) is 0.524. The van der Waals surface area contributed by atoms with Gasteiger partial charge in [0.15, 0.2) is 0 Å². The van der Waals surface area contributed by atoms with E-state index in [1.807, 2.05) is 11.9 Å². The second kappa shape index (κ2) is 7.96. The summed E-state index contributed by atoms with van der Waals surface area (Å²) in [5, 5.41) is 15.5. The van der Waals surface area contributed by atoms with Crippen molar-refractivity contribution in [2.24, 2.45) is 0 Å². The minimum atomic E-state index is -0.357. The smallest absolute Gasteiger partial charge is 0.293 e. The summed E-state index contributed by atoms with van der Waals surface area (Å²) in [5.41, 5.74) is 2.14. The molecule has 1 N–H and O–H groups in total. The fourth-order valence-electron chi connectivity index (χ4n) is 3.46. The van der Waals surface area contributed by atoms with Crippen LogP contribution in [0.3, 0.4) is 0 Å². The van der Waals surface area contributed by atoms with Crippen molar-refractivity contribution in [3.8, 4) is 0 Å². The minimum Gasteiger partial charge on any atom is -0.365 e. The molecule has 0 bridgehead atoms. The Hall–Kier alpha value is -3.33. The Kier molecular flexibility index (Phi) is 5.22. The summed E-state index contributed by atoms with van der Waals surface area (Å²) in [4.78, 5) is 24.2. The number of nitro groups is 1. The molecule has 9 heteroatoms. The molecule has 1 fully saturated rings. The number of nitro benzene ring substituents is 1. The Morgan fingerprint density at radius 1 is 1.14 bits per heavy atom. The molecule has 3 aromatic rings. The summed E-state index contributed by atoms with van der Waals surface area (Å²) in [7, 11) is 2.04. The third kappa shape index (κ3) is 4.09. The lowest BCUT2D eigenvalue weighted by Gasteiger charge is -2.33. The van der Waals surface area contributed by atoms with Crippen LogP contribution in [0, 0.1) is 15.9 Å². The van der Waals surface area contributed by atoms with Crippen LogP contribution in [-0.2, 0) is 6.54 Å². The summed E-state index contributed by atoms with van der Waals surface area (Å²) in [5.74, 6) is 0.209. The molecule has 29 heavy (non-hydrogen) atoms. The van der Waals surface area contributed by atoms with E-state index in [-0.39, 0.29) is 16.4 Å². The largest absolute Gasteiger partial charge is 0.365 e. The van der Waals surface area contributed by atoms with Gasteiger partial charge in [0.1, 0.15) is 23.6 Å². The zero-order valence-corrected chi connectivity index (χ0v) is 16.0. The van der Waals surface area contributed by atoms with Crippen LogP contribution in [0.25, 0.3) is 10.9 Å². The first-order valence-electron chi connectivity index (χ1n) is 9.36. The lowest BCUT2D eigenvalue weighted by Crippen LogP contribution is -2.44. The van der Waals surface area contributed by atoms with Crippen molar-refractivity contribution in [1.29, 1.82) is 0 Å². The number of piperazine rings is 1. The van der Waals surface area contributed by atoms with Crippen molar-refractivity contribution in [3.05, 3.63) is 64.2 Å². The van der Waals surface area contributed by atoms with Crippen molar-refractivity contribution in [2.45, 2.75) is 6.54 Å². The topological polar surface area (TPSA) is 87.4 Å². The van der Waals surface area contributed by atoms with Crippen molar-refractivity contribution >= 4 is 28.1 Å². The van der Waals surface area contributed by atoms with Crippen LogP contribution in [0.2, 0.25) is 0 Å². The van der Waals surface area contributed by atoms with E-state index in [9.17, 15) is 14.5 Å². The van der Waals surface area contributed by atoms with Crippen LogP contribution in [0.15, 0.2) is 42.7 Å². The minimum absolute atomic E-state index is 0.0432. The van der Waals surface area contributed by atoms with E-state index in [0.29, 0.717) is 29.0 Å². The number of likely N-dealkylation sites (N-methyl/N-ethyl adjacent to an activating group) is 1. The summed E-state index contributed by atoms with van der Waals surface area (Å²) in [6.45, 7) is 3.57. The Morgan fingerprint density at radius 2 is 1.86 bits per heavy atom. The van der Waals surface area contributed by atoms with Gasteiger partial charge in [-0.2, -0.15) is 0 Å². The molecule has 0 amide bonds. The first kappa shape index (κ1) is 19.0. The zero-order valence-electron chi connectivity index (χ0n) is 16.0. The van der Waals surface area contributed by atoms with Crippen LogP contribution in [0.1, 0.15) is 5.56 Å². The molecule has 8 nitrogen and oxygen atoms in total. The van der Waals surface area contributed by atoms with Gasteiger partial charge in [-0.3, -0.25) is 10.1 Å². The van der Waals surface area contributed by atoms with Gasteiger partial charge >= 0.3 is 0 Å². The van der Waals surface area contributed by atoms with Gasteiger partial charge in [-0.1, -0.05) is 12.1 Å². The predicted octanol–water partition coefficient (Wildman–Crippen LogP) is 3.04. The molecular formula is C20H21FN6O2. The molecule has 1 aliphatic heterocycles. The van der Waals surface area contributed by atoms with E-state index in [2.05, 4.69) is 20.2 Å². The number of aromatic nitrogens is 2. The van der Waals surface area contributed by atoms with Crippen LogP contribution in [0.4, 0.5) is 21.6 Å². The molecule has 1 aliphatic rings. The summed E-state index contributed by atoms with van der Waals surface area (Å²) in [6, 6.07) is 9.45. The van der Waals surface area contributed by atoms with E-state index in [0.717, 1.165) is 31.7 Å². The number of anilines is 2. The SMILES string of the molecule is CN1CCN(c2cc3ncnc(NCc4ccc(F)cc4)c3cc2[N+](=O)[O-])CC1. The number of fused-ring (bicyclic) bond motifs is 1. The van der Waals surface area contributed by atoms with Gasteiger partial charge in [-0.05, 0) is 30.8 Å². The van der Waals surface area contributed by atoms with Crippen molar-refractivity contribution < 1.29 is 9.31 Å². The van der Waals surface area contributed by atoms with E-state index in [1.54, 1.807) is 18.2 Å². The standard InChI is InChI=1S/C20H21FN6O2/c1-25-6-8-26(9-7-25)18-11-17-16(10-19(18)27(28)29)20(24-13-23-17)22-12-14-2-4-15(21)5-3-14/h2-5,10-11,13H,6-9,12H2,1H3,(H,22,23,24). The molecule has 0 unspecified atom stereocenters. The molecular weight excluding hydrogens is 375 g/mol. The number of nitrogens with zero attached hydrogens (tertiary/aromatic N) is 5. The third-order valence-electron chi connectivity index (χ3n) is 5.15. The number of hydrogen-bond acceptors (Lipinski definition) is 7. The van der Waals surface area contributed by atoms with Gasteiger partial charge in [0.05, 0.1) is 10.4 Å². The van der Waals surface area contributed by atoms with E-state index in [4.69, 9.17) is 0 Å². The molecule has 2 heterocycles. The molecule has 0 saturated carbocycles. The van der Waals surface area contributed by atoms with E-state index >= 15 is 0 Å². The second-order valence-electron chi connectivity index (χ2n) is 7.11. The third-order valence-corrected chi connectivity index (χ3v) is 5.15. The first-order valence-corrected chi connectivity index (χ1v) is 9.36. The van der Waals surface area contributed by atoms with Gasteiger partial charge in [0.2, 0.25) is 0 Å². The normalized spacial score (nSPS) is 14.9.